The maximum absolute atomic E-state index is 11.8. The molecule has 4 N–H and O–H groups in total. The summed E-state index contributed by atoms with van der Waals surface area (Å²) in [5, 5.41) is 0. The molecule has 1 saturated heterocycles. The Hall–Kier alpha value is -1.10. The number of nitrogens with zero attached hydrogens (tertiary/aromatic N) is 1. The number of primary amides is 1. The molecular weight excluding hydrogens is 182 g/mol. The van der Waals surface area contributed by atoms with E-state index >= 15 is 0 Å². The number of hydrogen-bond acceptors (Lipinski definition) is 3. The lowest BCUT2D eigenvalue weighted by Gasteiger charge is -2.42. The summed E-state index contributed by atoms with van der Waals surface area (Å²) in [5.74, 6) is -0.633. The molecule has 1 fully saturated rings. The van der Waals surface area contributed by atoms with E-state index in [-0.39, 0.29) is 5.91 Å². The van der Waals surface area contributed by atoms with Crippen LogP contribution >= 0.6 is 0 Å². The van der Waals surface area contributed by atoms with Gasteiger partial charge in [0.05, 0.1) is 5.54 Å². The molecule has 14 heavy (non-hydrogen) atoms. The number of rotatable bonds is 3. The summed E-state index contributed by atoms with van der Waals surface area (Å²) in [5.41, 5.74) is 10.0. The van der Waals surface area contributed by atoms with Crippen molar-refractivity contribution in [3.05, 3.63) is 0 Å². The van der Waals surface area contributed by atoms with Crippen molar-refractivity contribution >= 4 is 11.8 Å². The van der Waals surface area contributed by atoms with E-state index in [1.165, 1.54) is 4.90 Å². The highest BCUT2D eigenvalue weighted by molar-refractivity contribution is 5.92. The molecule has 1 aliphatic heterocycles. The number of carbonyl (C=O) groups is 2. The van der Waals surface area contributed by atoms with E-state index in [1.54, 1.807) is 6.92 Å². The monoisotopic (exact) mass is 199 g/mol. The van der Waals surface area contributed by atoms with Crippen LogP contribution in [0.5, 0.6) is 0 Å². The number of carbonyl (C=O) groups excluding carboxylic acids is 2. The summed E-state index contributed by atoms with van der Waals surface area (Å²) in [6.45, 7) is 4.10. The molecule has 1 heterocycles. The van der Waals surface area contributed by atoms with Crippen molar-refractivity contribution in [3.8, 4) is 0 Å². The Morgan fingerprint density at radius 2 is 2.14 bits per heavy atom. The van der Waals surface area contributed by atoms with Crippen LogP contribution in [0.25, 0.3) is 0 Å². The molecular formula is C9H17N3O2. The summed E-state index contributed by atoms with van der Waals surface area (Å²) >= 11 is 0. The van der Waals surface area contributed by atoms with Crippen LogP contribution in [0.15, 0.2) is 0 Å². The summed E-state index contributed by atoms with van der Waals surface area (Å²) in [6.07, 6.45) is 1.20. The largest absolute Gasteiger partial charge is 0.368 e. The highest BCUT2D eigenvalue weighted by Crippen LogP contribution is 2.21. The van der Waals surface area contributed by atoms with Crippen molar-refractivity contribution in [2.24, 2.45) is 11.5 Å². The van der Waals surface area contributed by atoms with Crippen LogP contribution in [-0.2, 0) is 9.59 Å². The fraction of sp³-hybridized carbons (Fsp3) is 0.778. The molecule has 2 amide bonds. The van der Waals surface area contributed by atoms with Gasteiger partial charge >= 0.3 is 0 Å². The molecule has 1 rings (SSSR count). The predicted molar refractivity (Wildman–Crippen MR) is 52.2 cm³/mol. The minimum atomic E-state index is -0.881. The first-order valence-electron chi connectivity index (χ1n) is 4.79. The first-order valence-corrected chi connectivity index (χ1v) is 4.79. The summed E-state index contributed by atoms with van der Waals surface area (Å²) in [4.78, 5) is 24.1. The van der Waals surface area contributed by atoms with Crippen molar-refractivity contribution in [1.29, 1.82) is 0 Å². The first kappa shape index (κ1) is 11.0. The van der Waals surface area contributed by atoms with Gasteiger partial charge < -0.3 is 16.4 Å². The molecule has 0 aromatic heterocycles. The zero-order chi connectivity index (χ0) is 10.9. The third-order valence-corrected chi connectivity index (χ3v) is 2.83. The quantitative estimate of drug-likeness (QED) is 0.623. The van der Waals surface area contributed by atoms with E-state index in [1.807, 2.05) is 6.92 Å². The molecule has 80 valence electrons. The van der Waals surface area contributed by atoms with Gasteiger partial charge in [-0.25, -0.2) is 0 Å². The SMILES string of the molecule is CCC(C)(N)C(=O)N1CCC1C(N)=O. The summed E-state index contributed by atoms with van der Waals surface area (Å²) in [6, 6.07) is -0.447. The number of amides is 2. The lowest BCUT2D eigenvalue weighted by molar-refractivity contribution is -0.150. The van der Waals surface area contributed by atoms with Crippen molar-refractivity contribution in [3.63, 3.8) is 0 Å². The fourth-order valence-electron chi connectivity index (χ4n) is 1.41. The smallest absolute Gasteiger partial charge is 0.243 e. The van der Waals surface area contributed by atoms with E-state index in [9.17, 15) is 9.59 Å². The molecule has 5 heteroatoms. The van der Waals surface area contributed by atoms with Gasteiger partial charge in [0, 0.05) is 6.54 Å². The van der Waals surface area contributed by atoms with Crippen molar-refractivity contribution in [2.45, 2.75) is 38.3 Å². The fourth-order valence-corrected chi connectivity index (χ4v) is 1.41. The van der Waals surface area contributed by atoms with Crippen molar-refractivity contribution in [2.75, 3.05) is 6.54 Å². The molecule has 0 radical (unpaired) electrons. The van der Waals surface area contributed by atoms with E-state index < -0.39 is 17.5 Å². The molecule has 0 saturated carbocycles. The normalized spacial score (nSPS) is 25.1. The average Bonchev–Trinajstić information content (AvgIpc) is 2.01. The molecule has 0 bridgehead atoms. The second-order valence-corrected chi connectivity index (χ2v) is 3.98. The Balaban J connectivity index is 2.67. The number of nitrogens with two attached hydrogens (primary N) is 2. The van der Waals surface area contributed by atoms with Crippen LogP contribution in [0.3, 0.4) is 0 Å². The summed E-state index contributed by atoms with van der Waals surface area (Å²) < 4.78 is 0. The average molecular weight is 199 g/mol. The van der Waals surface area contributed by atoms with Gasteiger partial charge in [0.25, 0.3) is 0 Å². The minimum absolute atomic E-state index is 0.185. The highest BCUT2D eigenvalue weighted by Gasteiger charge is 2.41. The van der Waals surface area contributed by atoms with Gasteiger partial charge in [0.15, 0.2) is 0 Å². The van der Waals surface area contributed by atoms with E-state index in [0.29, 0.717) is 19.4 Å². The molecule has 0 spiro atoms. The van der Waals surface area contributed by atoms with Gasteiger partial charge in [-0.1, -0.05) is 6.92 Å². The third kappa shape index (κ3) is 1.72. The van der Waals surface area contributed by atoms with Crippen LogP contribution in [-0.4, -0.2) is 34.8 Å². The molecule has 1 aliphatic rings. The highest BCUT2D eigenvalue weighted by atomic mass is 16.2. The van der Waals surface area contributed by atoms with Crippen molar-refractivity contribution in [1.82, 2.24) is 4.90 Å². The second kappa shape index (κ2) is 3.57. The van der Waals surface area contributed by atoms with Crippen LogP contribution in [0.2, 0.25) is 0 Å². The van der Waals surface area contributed by atoms with E-state index in [0.717, 1.165) is 0 Å². The van der Waals surface area contributed by atoms with E-state index in [4.69, 9.17) is 11.5 Å². The molecule has 0 aliphatic carbocycles. The Morgan fingerprint density at radius 1 is 1.57 bits per heavy atom. The summed E-state index contributed by atoms with van der Waals surface area (Å²) in [7, 11) is 0. The maximum Gasteiger partial charge on any atom is 0.243 e. The molecule has 0 aromatic carbocycles. The Labute approximate surface area is 83.4 Å². The van der Waals surface area contributed by atoms with Crippen LogP contribution < -0.4 is 11.5 Å². The van der Waals surface area contributed by atoms with Crippen LogP contribution in [0.4, 0.5) is 0 Å². The first-order chi connectivity index (χ1) is 6.40. The number of likely N-dealkylation sites (tertiary alicyclic amines) is 1. The minimum Gasteiger partial charge on any atom is -0.368 e. The molecule has 2 unspecified atom stereocenters. The third-order valence-electron chi connectivity index (χ3n) is 2.83. The lowest BCUT2D eigenvalue weighted by Crippen LogP contribution is -2.64. The zero-order valence-corrected chi connectivity index (χ0v) is 8.62. The molecule has 2 atom stereocenters. The second-order valence-electron chi connectivity index (χ2n) is 3.98. The Kier molecular flexibility index (Phi) is 2.80. The topological polar surface area (TPSA) is 89.4 Å². The van der Waals surface area contributed by atoms with Crippen molar-refractivity contribution < 1.29 is 9.59 Å². The van der Waals surface area contributed by atoms with E-state index in [2.05, 4.69) is 0 Å². The Bertz CT molecular complexity index is 263. The number of hydrogen-bond donors (Lipinski definition) is 2. The van der Waals surface area contributed by atoms with Gasteiger partial charge in [-0.05, 0) is 19.8 Å². The van der Waals surface area contributed by atoms with Gasteiger partial charge in [0.1, 0.15) is 6.04 Å². The van der Waals surface area contributed by atoms with Gasteiger partial charge in [-0.3, -0.25) is 9.59 Å². The molecule has 0 aromatic rings. The van der Waals surface area contributed by atoms with Gasteiger partial charge in [-0.2, -0.15) is 0 Å². The standard InChI is InChI=1S/C9H17N3O2/c1-3-9(2,11)8(14)12-5-4-6(12)7(10)13/h6H,3-5,11H2,1-2H3,(H2,10,13). The van der Waals surface area contributed by atoms with Crippen LogP contribution in [0.1, 0.15) is 26.7 Å². The maximum atomic E-state index is 11.8. The molecule has 5 nitrogen and oxygen atoms in total. The Morgan fingerprint density at radius 3 is 2.43 bits per heavy atom. The van der Waals surface area contributed by atoms with Gasteiger partial charge in [0.2, 0.25) is 11.8 Å². The lowest BCUT2D eigenvalue weighted by atomic mass is 9.93. The van der Waals surface area contributed by atoms with Gasteiger partial charge in [-0.15, -0.1) is 0 Å². The predicted octanol–water partition coefficient (Wildman–Crippen LogP) is -0.800. The zero-order valence-electron chi connectivity index (χ0n) is 8.62. The van der Waals surface area contributed by atoms with Crippen LogP contribution in [0, 0.1) is 0 Å².